The van der Waals surface area contributed by atoms with Crippen molar-refractivity contribution in [3.63, 3.8) is 0 Å². The van der Waals surface area contributed by atoms with E-state index in [0.717, 1.165) is 28.2 Å². The van der Waals surface area contributed by atoms with Gasteiger partial charge in [0.05, 0.1) is 33.2 Å². The van der Waals surface area contributed by atoms with Crippen molar-refractivity contribution in [1.82, 2.24) is 24.9 Å². The second-order valence-electron chi connectivity index (χ2n) is 8.14. The molecule has 0 bridgehead atoms. The Bertz CT molecular complexity index is 1620. The van der Waals surface area contributed by atoms with Gasteiger partial charge >= 0.3 is 36.4 Å². The van der Waals surface area contributed by atoms with E-state index in [1.807, 2.05) is 18.2 Å². The topological polar surface area (TPSA) is 191 Å². The third kappa shape index (κ3) is 10.4. The summed E-state index contributed by atoms with van der Waals surface area (Å²) in [4.78, 5) is 47.5. The number of pyridine rings is 3. The van der Waals surface area contributed by atoms with Gasteiger partial charge < -0.3 is 25.6 Å². The molecule has 252 valence electrons. The van der Waals surface area contributed by atoms with Gasteiger partial charge in [-0.3, -0.25) is 9.97 Å². The standard InChI is InChI=1S/C18H10Cl2N6.3C2HF3O2/c19-11-6-22-7-12(20)14(11)18-25-15-9-3-5-21-8-13(9)24-17-10(16(15)26-18)2-1-4-23-17;3*3-2(4,5)1(6)7/h1-8H,(H,23,24)(H,25,26);3*(H,6,7). The van der Waals surface area contributed by atoms with Crippen LogP contribution in [0, 0.1) is 0 Å². The van der Waals surface area contributed by atoms with E-state index in [0.29, 0.717) is 27.3 Å². The van der Waals surface area contributed by atoms with Gasteiger partial charge in [-0.15, -0.1) is 0 Å². The molecule has 47 heavy (non-hydrogen) atoms. The highest BCUT2D eigenvalue weighted by molar-refractivity contribution is 6.38. The maximum absolute atomic E-state index is 10.6. The summed E-state index contributed by atoms with van der Waals surface area (Å²) in [5, 5.41) is 25.6. The lowest BCUT2D eigenvalue weighted by Crippen LogP contribution is -2.21. The molecule has 5 N–H and O–H groups in total. The van der Waals surface area contributed by atoms with Crippen molar-refractivity contribution in [2.24, 2.45) is 0 Å². The van der Waals surface area contributed by atoms with Gasteiger partial charge in [-0.05, 0) is 18.2 Å². The lowest BCUT2D eigenvalue weighted by atomic mass is 10.1. The number of aromatic amines is 1. The molecule has 23 heteroatoms. The highest BCUT2D eigenvalue weighted by Crippen LogP contribution is 2.44. The Morgan fingerprint density at radius 3 is 1.66 bits per heavy atom. The number of hydrogen-bond acceptors (Lipinski definition) is 8. The number of imidazole rings is 1. The third-order valence-electron chi connectivity index (χ3n) is 4.93. The van der Waals surface area contributed by atoms with Gasteiger partial charge in [0.1, 0.15) is 17.3 Å². The molecule has 0 amide bonds. The predicted octanol–water partition coefficient (Wildman–Crippen LogP) is 6.86. The Hall–Kier alpha value is -5.18. The highest BCUT2D eigenvalue weighted by Gasteiger charge is 2.39. The SMILES string of the molecule is Clc1cncc(Cl)c1-c1nc2c([nH]1)-c1ccncc1Nc1ncccc1-2.O=C(O)C(F)(F)F.O=C(O)C(F)(F)F.O=C(O)C(F)(F)F. The summed E-state index contributed by atoms with van der Waals surface area (Å²) in [5.41, 5.74) is 4.89. The van der Waals surface area contributed by atoms with Crippen LogP contribution in [-0.2, 0) is 14.4 Å². The van der Waals surface area contributed by atoms with Gasteiger partial charge in [0.2, 0.25) is 0 Å². The number of anilines is 2. The number of fused-ring (bicyclic) bond motifs is 5. The number of carbonyl (C=O) groups is 3. The van der Waals surface area contributed by atoms with Crippen molar-refractivity contribution in [3.05, 3.63) is 59.2 Å². The van der Waals surface area contributed by atoms with Crippen molar-refractivity contribution >= 4 is 52.6 Å². The van der Waals surface area contributed by atoms with Crippen LogP contribution < -0.4 is 5.32 Å². The fourth-order valence-corrected chi connectivity index (χ4v) is 3.60. The normalized spacial score (nSPS) is 11.6. The summed E-state index contributed by atoms with van der Waals surface area (Å²) in [6, 6.07) is 5.76. The van der Waals surface area contributed by atoms with Gasteiger partial charge in [0.15, 0.2) is 0 Å². The Morgan fingerprint density at radius 1 is 0.702 bits per heavy atom. The van der Waals surface area contributed by atoms with Crippen LogP contribution >= 0.6 is 23.2 Å². The molecule has 0 saturated heterocycles. The molecule has 0 aliphatic carbocycles. The molecule has 5 rings (SSSR count). The molecule has 0 fully saturated rings. The number of carboxylic acids is 3. The number of rotatable bonds is 1. The summed E-state index contributed by atoms with van der Waals surface area (Å²) < 4.78 is 95.2. The molecular weight excluding hydrogens is 710 g/mol. The fourth-order valence-electron chi connectivity index (χ4n) is 3.05. The Morgan fingerprint density at radius 2 is 1.19 bits per heavy atom. The minimum atomic E-state index is -5.08. The summed E-state index contributed by atoms with van der Waals surface area (Å²) in [7, 11) is 0. The quantitative estimate of drug-likeness (QED) is 0.114. The Labute approximate surface area is 263 Å². The number of alkyl halides is 9. The van der Waals surface area contributed by atoms with Crippen molar-refractivity contribution in [2.45, 2.75) is 18.5 Å². The molecule has 1 aliphatic rings. The van der Waals surface area contributed by atoms with E-state index in [9.17, 15) is 39.5 Å². The molecule has 12 nitrogen and oxygen atoms in total. The smallest absolute Gasteiger partial charge is 0.475 e. The zero-order valence-electron chi connectivity index (χ0n) is 22.1. The van der Waals surface area contributed by atoms with Crippen LogP contribution in [0.15, 0.2) is 49.2 Å². The van der Waals surface area contributed by atoms with Crippen LogP contribution in [0.25, 0.3) is 33.9 Å². The maximum atomic E-state index is 10.6. The molecular formula is C24H13Cl2F9N6O6. The van der Waals surface area contributed by atoms with Crippen LogP contribution in [-0.4, -0.2) is 76.7 Å². The van der Waals surface area contributed by atoms with E-state index in [2.05, 4.69) is 25.3 Å². The summed E-state index contributed by atoms with van der Waals surface area (Å²) in [6.45, 7) is 0. The van der Waals surface area contributed by atoms with Crippen LogP contribution in [0.1, 0.15) is 0 Å². The molecule has 4 aromatic rings. The number of nitrogens with zero attached hydrogens (tertiary/aromatic N) is 4. The molecule has 0 radical (unpaired) electrons. The fraction of sp³-hybridized carbons (Fsp3) is 0.125. The molecule has 1 aliphatic heterocycles. The number of H-pyrrole nitrogens is 1. The van der Waals surface area contributed by atoms with E-state index in [4.69, 9.17) is 57.9 Å². The lowest BCUT2D eigenvalue weighted by Gasteiger charge is -2.08. The number of aromatic nitrogens is 5. The minimum absolute atomic E-state index is 0.431. The molecule has 0 spiro atoms. The second kappa shape index (κ2) is 14.9. The first kappa shape index (κ1) is 38.0. The van der Waals surface area contributed by atoms with Crippen LogP contribution in [0.5, 0.6) is 0 Å². The predicted molar refractivity (Wildman–Crippen MR) is 143 cm³/mol. The number of aliphatic carboxylic acids is 3. The minimum Gasteiger partial charge on any atom is -0.475 e. The van der Waals surface area contributed by atoms with Gasteiger partial charge in [0.25, 0.3) is 0 Å². The zero-order valence-corrected chi connectivity index (χ0v) is 23.6. The van der Waals surface area contributed by atoms with Gasteiger partial charge in [-0.2, -0.15) is 39.5 Å². The molecule has 0 unspecified atom stereocenters. The van der Waals surface area contributed by atoms with E-state index in [1.54, 1.807) is 31.0 Å². The molecule has 5 heterocycles. The van der Waals surface area contributed by atoms with Gasteiger partial charge in [-0.25, -0.2) is 24.4 Å². The molecule has 0 aromatic carbocycles. The summed E-state index contributed by atoms with van der Waals surface area (Å²) >= 11 is 12.6. The zero-order chi connectivity index (χ0) is 35.9. The molecule has 0 atom stereocenters. The summed E-state index contributed by atoms with van der Waals surface area (Å²) in [5.74, 6) is -6.98. The van der Waals surface area contributed by atoms with E-state index < -0.39 is 36.4 Å². The monoisotopic (exact) mass is 722 g/mol. The highest BCUT2D eigenvalue weighted by atomic mass is 35.5. The van der Waals surface area contributed by atoms with Crippen molar-refractivity contribution < 1.29 is 69.2 Å². The average Bonchev–Trinajstić information content (AvgIpc) is 3.32. The number of halogens is 11. The maximum Gasteiger partial charge on any atom is 0.490 e. The largest absolute Gasteiger partial charge is 0.490 e. The van der Waals surface area contributed by atoms with E-state index >= 15 is 0 Å². The van der Waals surface area contributed by atoms with Crippen LogP contribution in [0.4, 0.5) is 51.0 Å². The number of carboxylic acid groups (broad SMARTS) is 3. The number of hydrogen-bond donors (Lipinski definition) is 5. The average molecular weight is 723 g/mol. The molecule has 0 saturated carbocycles. The van der Waals surface area contributed by atoms with Crippen molar-refractivity contribution in [2.75, 3.05) is 5.32 Å². The third-order valence-corrected chi connectivity index (χ3v) is 5.50. The van der Waals surface area contributed by atoms with Crippen LogP contribution in [0.3, 0.4) is 0 Å². The first-order valence-electron chi connectivity index (χ1n) is 11.5. The lowest BCUT2D eigenvalue weighted by molar-refractivity contribution is -0.193. The second-order valence-corrected chi connectivity index (χ2v) is 8.96. The summed E-state index contributed by atoms with van der Waals surface area (Å²) in [6.07, 6.45) is -6.93. The van der Waals surface area contributed by atoms with Crippen molar-refractivity contribution in [3.8, 4) is 33.9 Å². The van der Waals surface area contributed by atoms with Gasteiger partial charge in [0, 0.05) is 35.9 Å². The number of nitrogens with one attached hydrogen (secondary N) is 2. The molecule has 4 aromatic heterocycles. The van der Waals surface area contributed by atoms with Gasteiger partial charge in [-0.1, -0.05) is 23.2 Å². The van der Waals surface area contributed by atoms with Crippen molar-refractivity contribution in [1.29, 1.82) is 0 Å². The first-order chi connectivity index (χ1) is 21.6. The Balaban J connectivity index is 0.000000301. The first-order valence-corrected chi connectivity index (χ1v) is 12.3. The van der Waals surface area contributed by atoms with E-state index in [1.165, 1.54) is 0 Å². The van der Waals surface area contributed by atoms with Crippen LogP contribution in [0.2, 0.25) is 10.0 Å². The van der Waals surface area contributed by atoms with E-state index in [-0.39, 0.29) is 0 Å². The Kier molecular flexibility index (Phi) is 12.1.